The zero-order valence-corrected chi connectivity index (χ0v) is 21.5. The summed E-state index contributed by atoms with van der Waals surface area (Å²) in [6.07, 6.45) is 1.44. The molecule has 2 aliphatic heterocycles. The molecule has 5 rings (SSSR count). The first kappa shape index (κ1) is 24.8. The van der Waals surface area contributed by atoms with E-state index >= 15 is 0 Å². The number of aryl methyl sites for hydroxylation is 2. The van der Waals surface area contributed by atoms with Crippen molar-refractivity contribution in [1.29, 1.82) is 0 Å². The monoisotopic (exact) mass is 504 g/mol. The Morgan fingerprint density at radius 2 is 1.68 bits per heavy atom. The lowest BCUT2D eigenvalue weighted by atomic mass is 10.0. The molecule has 37 heavy (non-hydrogen) atoms. The molecule has 0 N–H and O–H groups in total. The lowest BCUT2D eigenvalue weighted by Gasteiger charge is -2.33. The fourth-order valence-corrected chi connectivity index (χ4v) is 4.74. The van der Waals surface area contributed by atoms with E-state index in [2.05, 4.69) is 41.9 Å². The van der Waals surface area contributed by atoms with Crippen molar-refractivity contribution in [3.8, 4) is 11.5 Å². The van der Waals surface area contributed by atoms with Gasteiger partial charge in [0.1, 0.15) is 6.26 Å². The van der Waals surface area contributed by atoms with E-state index in [0.29, 0.717) is 57.4 Å². The Kier molecular flexibility index (Phi) is 7.14. The minimum atomic E-state index is -0.171. The van der Waals surface area contributed by atoms with E-state index in [0.717, 1.165) is 17.1 Å². The van der Waals surface area contributed by atoms with Crippen LogP contribution in [0.25, 0.3) is 0 Å². The maximum atomic E-state index is 13.0. The van der Waals surface area contributed by atoms with Gasteiger partial charge in [-0.15, -0.1) is 0 Å². The summed E-state index contributed by atoms with van der Waals surface area (Å²) in [7, 11) is 0. The highest BCUT2D eigenvalue weighted by Gasteiger charge is 2.26. The van der Waals surface area contributed by atoms with E-state index in [9.17, 15) is 9.59 Å². The molecule has 0 unspecified atom stereocenters. The Labute approximate surface area is 216 Å². The molecule has 1 saturated heterocycles. The molecular formula is C28H32N4O5. The second-order valence-electron chi connectivity index (χ2n) is 9.69. The zero-order chi connectivity index (χ0) is 25.9. The Bertz CT molecular complexity index is 1300. The van der Waals surface area contributed by atoms with Crippen molar-refractivity contribution >= 4 is 11.8 Å². The fourth-order valence-electron chi connectivity index (χ4n) is 4.74. The lowest BCUT2D eigenvalue weighted by molar-refractivity contribution is -0.130. The third-order valence-corrected chi connectivity index (χ3v) is 6.88. The van der Waals surface area contributed by atoms with Gasteiger partial charge in [0.15, 0.2) is 17.2 Å². The van der Waals surface area contributed by atoms with Gasteiger partial charge in [-0.05, 0) is 42.7 Å². The maximum absolute atomic E-state index is 13.0. The molecule has 9 heteroatoms. The number of carbonyl (C=O) groups is 2. The van der Waals surface area contributed by atoms with Crippen LogP contribution in [-0.2, 0) is 24.4 Å². The maximum Gasteiger partial charge on any atom is 0.275 e. The number of rotatable bonds is 7. The molecule has 3 aromatic rings. The van der Waals surface area contributed by atoms with Crippen LogP contribution in [0.1, 0.15) is 45.6 Å². The Balaban J connectivity index is 1.31. The van der Waals surface area contributed by atoms with Crippen LogP contribution in [-0.4, -0.2) is 64.5 Å². The van der Waals surface area contributed by atoms with Gasteiger partial charge >= 0.3 is 0 Å². The molecule has 2 aliphatic rings. The van der Waals surface area contributed by atoms with E-state index < -0.39 is 0 Å². The summed E-state index contributed by atoms with van der Waals surface area (Å²) >= 11 is 0. The number of fused-ring (bicyclic) bond motifs is 1. The minimum Gasteiger partial charge on any atom is -0.454 e. The molecule has 0 radical (unpaired) electrons. The minimum absolute atomic E-state index is 0.0298. The highest BCUT2D eigenvalue weighted by Crippen LogP contribution is 2.33. The number of hydrogen-bond acceptors (Lipinski definition) is 7. The van der Waals surface area contributed by atoms with E-state index in [1.54, 1.807) is 16.7 Å². The standard InChI is InChI=1S/C28H32N4O5/c1-19-4-5-20(2)23(12-19)15-30(14-22-6-7-25-26(13-22)37-18-36-25)16-27-29-24(17-35-27)28(34)32-10-8-31(9-11-32)21(3)33/h4-7,12-13,17H,8-11,14-16,18H2,1-3H3. The summed E-state index contributed by atoms with van der Waals surface area (Å²) in [6, 6.07) is 12.4. The summed E-state index contributed by atoms with van der Waals surface area (Å²) in [5.41, 5.74) is 5.03. The number of oxazole rings is 1. The predicted octanol–water partition coefficient (Wildman–Crippen LogP) is 3.53. The van der Waals surface area contributed by atoms with Gasteiger partial charge in [-0.1, -0.05) is 29.8 Å². The smallest absolute Gasteiger partial charge is 0.275 e. The third-order valence-electron chi connectivity index (χ3n) is 6.88. The Hall–Kier alpha value is -3.85. The highest BCUT2D eigenvalue weighted by atomic mass is 16.7. The average Bonchev–Trinajstić information content (AvgIpc) is 3.55. The molecule has 0 spiro atoms. The van der Waals surface area contributed by atoms with E-state index in [4.69, 9.17) is 13.9 Å². The number of ether oxygens (including phenoxy) is 2. The van der Waals surface area contributed by atoms with Crippen LogP contribution in [0.15, 0.2) is 47.1 Å². The van der Waals surface area contributed by atoms with Gasteiger partial charge in [0.2, 0.25) is 18.6 Å². The van der Waals surface area contributed by atoms with E-state index in [-0.39, 0.29) is 18.6 Å². The van der Waals surface area contributed by atoms with Gasteiger partial charge in [0.05, 0.1) is 6.54 Å². The van der Waals surface area contributed by atoms with Crippen LogP contribution in [0, 0.1) is 13.8 Å². The van der Waals surface area contributed by atoms with Gasteiger partial charge in [0, 0.05) is 46.2 Å². The molecule has 0 saturated carbocycles. The molecule has 2 amide bonds. The van der Waals surface area contributed by atoms with Crippen LogP contribution < -0.4 is 9.47 Å². The van der Waals surface area contributed by atoms with Gasteiger partial charge < -0.3 is 23.7 Å². The van der Waals surface area contributed by atoms with E-state index in [1.165, 1.54) is 23.0 Å². The quantitative estimate of drug-likeness (QED) is 0.486. The molecule has 194 valence electrons. The summed E-state index contributed by atoms with van der Waals surface area (Å²) in [5, 5.41) is 0. The Morgan fingerprint density at radius 3 is 2.46 bits per heavy atom. The average molecular weight is 505 g/mol. The van der Waals surface area contributed by atoms with Crippen LogP contribution in [0.5, 0.6) is 11.5 Å². The zero-order valence-electron chi connectivity index (χ0n) is 21.5. The molecule has 3 heterocycles. The second-order valence-corrected chi connectivity index (χ2v) is 9.69. The number of amides is 2. The third kappa shape index (κ3) is 5.77. The Morgan fingerprint density at radius 1 is 0.919 bits per heavy atom. The first-order valence-electron chi connectivity index (χ1n) is 12.5. The highest BCUT2D eigenvalue weighted by molar-refractivity contribution is 5.92. The summed E-state index contributed by atoms with van der Waals surface area (Å²) in [6.45, 7) is 9.81. The number of aromatic nitrogens is 1. The molecule has 0 atom stereocenters. The van der Waals surface area contributed by atoms with Crippen molar-refractivity contribution in [3.05, 3.63) is 76.5 Å². The van der Waals surface area contributed by atoms with Crippen LogP contribution >= 0.6 is 0 Å². The topological polar surface area (TPSA) is 88.4 Å². The molecule has 2 aromatic carbocycles. The largest absolute Gasteiger partial charge is 0.454 e. The molecular weight excluding hydrogens is 472 g/mol. The molecule has 0 bridgehead atoms. The lowest BCUT2D eigenvalue weighted by Crippen LogP contribution is -2.50. The predicted molar refractivity (Wildman–Crippen MR) is 136 cm³/mol. The molecule has 1 fully saturated rings. The van der Waals surface area contributed by atoms with Crippen LogP contribution in [0.4, 0.5) is 0 Å². The van der Waals surface area contributed by atoms with Crippen molar-refractivity contribution in [2.75, 3.05) is 33.0 Å². The first-order valence-corrected chi connectivity index (χ1v) is 12.5. The number of nitrogens with zero attached hydrogens (tertiary/aromatic N) is 4. The van der Waals surface area contributed by atoms with Crippen molar-refractivity contribution < 1.29 is 23.5 Å². The van der Waals surface area contributed by atoms with Crippen LogP contribution in [0.3, 0.4) is 0 Å². The van der Waals surface area contributed by atoms with Gasteiger partial charge in [-0.25, -0.2) is 4.98 Å². The number of benzene rings is 2. The molecule has 9 nitrogen and oxygen atoms in total. The van der Waals surface area contributed by atoms with Crippen molar-refractivity contribution in [2.45, 2.75) is 40.4 Å². The SMILES string of the molecule is CC(=O)N1CCN(C(=O)c2coc(CN(Cc3ccc4c(c3)OCO4)Cc3cc(C)ccc3C)n2)CC1. The number of piperazine rings is 1. The van der Waals surface area contributed by atoms with Crippen LogP contribution in [0.2, 0.25) is 0 Å². The summed E-state index contributed by atoms with van der Waals surface area (Å²) in [4.78, 5) is 34.8. The van der Waals surface area contributed by atoms with Gasteiger partial charge in [-0.3, -0.25) is 14.5 Å². The normalized spacial score (nSPS) is 14.9. The number of carbonyl (C=O) groups excluding carboxylic acids is 2. The summed E-state index contributed by atoms with van der Waals surface area (Å²) < 4.78 is 16.8. The van der Waals surface area contributed by atoms with Crippen molar-refractivity contribution in [1.82, 2.24) is 19.7 Å². The van der Waals surface area contributed by atoms with Crippen molar-refractivity contribution in [3.63, 3.8) is 0 Å². The molecule has 0 aliphatic carbocycles. The van der Waals surface area contributed by atoms with E-state index in [1.807, 2.05) is 18.2 Å². The van der Waals surface area contributed by atoms with Crippen molar-refractivity contribution in [2.24, 2.45) is 0 Å². The summed E-state index contributed by atoms with van der Waals surface area (Å²) in [5.74, 6) is 1.84. The van der Waals surface area contributed by atoms with Gasteiger partial charge in [0.25, 0.3) is 5.91 Å². The fraction of sp³-hybridized carbons (Fsp3) is 0.393. The number of hydrogen-bond donors (Lipinski definition) is 0. The van der Waals surface area contributed by atoms with Gasteiger partial charge in [-0.2, -0.15) is 0 Å². The second kappa shape index (κ2) is 10.6. The first-order chi connectivity index (χ1) is 17.9. The molecule has 1 aromatic heterocycles.